The molecule has 1 aliphatic rings. The normalized spacial score (nSPS) is 17.0. The third kappa shape index (κ3) is 5.01. The van der Waals surface area contributed by atoms with E-state index in [0.29, 0.717) is 6.10 Å². The molecule has 1 heterocycles. The van der Waals surface area contributed by atoms with Gasteiger partial charge in [0.2, 0.25) is 0 Å². The van der Waals surface area contributed by atoms with Gasteiger partial charge in [-0.2, -0.15) is 0 Å². The van der Waals surface area contributed by atoms with E-state index in [-0.39, 0.29) is 5.54 Å². The van der Waals surface area contributed by atoms with Crippen LogP contribution in [-0.2, 0) is 11.3 Å². The molecule has 118 valence electrons. The summed E-state index contributed by atoms with van der Waals surface area (Å²) in [5, 5.41) is 3.54. The largest absolute Gasteiger partial charge is 0.490 e. The van der Waals surface area contributed by atoms with Crippen molar-refractivity contribution < 1.29 is 9.47 Å². The summed E-state index contributed by atoms with van der Waals surface area (Å²) in [6.45, 7) is 13.4. The molecule has 1 saturated heterocycles. The Hall–Kier alpha value is -1.06. The molecule has 0 amide bonds. The first-order valence-electron chi connectivity index (χ1n) is 7.95. The summed E-state index contributed by atoms with van der Waals surface area (Å²) >= 11 is 0. The zero-order valence-electron chi connectivity index (χ0n) is 14.1. The lowest BCUT2D eigenvalue weighted by Gasteiger charge is -2.26. The minimum absolute atomic E-state index is 0.138. The van der Waals surface area contributed by atoms with Crippen LogP contribution in [0.5, 0.6) is 5.75 Å². The zero-order chi connectivity index (χ0) is 15.5. The molecular weight excluding hydrogens is 262 g/mol. The lowest BCUT2D eigenvalue weighted by atomic mass is 10.0. The van der Waals surface area contributed by atoms with E-state index in [9.17, 15) is 0 Å². The minimum atomic E-state index is 0.138. The molecular formula is C18H29NO2. The van der Waals surface area contributed by atoms with Crippen LogP contribution >= 0.6 is 0 Å². The fourth-order valence-corrected chi connectivity index (χ4v) is 2.66. The Morgan fingerprint density at radius 1 is 1.14 bits per heavy atom. The fourth-order valence-electron chi connectivity index (χ4n) is 2.66. The van der Waals surface area contributed by atoms with Crippen LogP contribution in [0.2, 0.25) is 0 Å². The molecule has 0 bridgehead atoms. The standard InChI is InChI=1S/C18H29NO2/c1-13-10-15(12-19-18(3,4)5)11-14(2)17(13)21-16-6-8-20-9-7-16/h10-11,16,19H,6-9,12H2,1-5H3. The van der Waals surface area contributed by atoms with Crippen molar-refractivity contribution in [1.29, 1.82) is 0 Å². The molecule has 3 nitrogen and oxygen atoms in total. The molecule has 0 aromatic heterocycles. The quantitative estimate of drug-likeness (QED) is 0.916. The summed E-state index contributed by atoms with van der Waals surface area (Å²) in [4.78, 5) is 0. The Labute approximate surface area is 129 Å². The Balaban J connectivity index is 2.05. The molecule has 0 atom stereocenters. The van der Waals surface area contributed by atoms with Crippen LogP contribution in [-0.4, -0.2) is 24.9 Å². The van der Waals surface area contributed by atoms with Gasteiger partial charge in [0.1, 0.15) is 11.9 Å². The summed E-state index contributed by atoms with van der Waals surface area (Å²) in [5.41, 5.74) is 3.91. The van der Waals surface area contributed by atoms with Crippen molar-refractivity contribution in [3.63, 3.8) is 0 Å². The number of ether oxygens (including phenoxy) is 2. The number of rotatable bonds is 4. The van der Waals surface area contributed by atoms with Gasteiger partial charge in [-0.1, -0.05) is 12.1 Å². The number of aryl methyl sites for hydroxylation is 2. The SMILES string of the molecule is Cc1cc(CNC(C)(C)C)cc(C)c1OC1CCOCC1. The van der Waals surface area contributed by atoms with E-state index in [1.54, 1.807) is 0 Å². The first-order chi connectivity index (χ1) is 9.85. The van der Waals surface area contributed by atoms with E-state index in [0.717, 1.165) is 38.3 Å². The van der Waals surface area contributed by atoms with Gasteiger partial charge in [-0.25, -0.2) is 0 Å². The predicted octanol–water partition coefficient (Wildman–Crippen LogP) is 3.75. The third-order valence-corrected chi connectivity index (χ3v) is 3.80. The smallest absolute Gasteiger partial charge is 0.125 e. The molecule has 2 rings (SSSR count). The fraction of sp³-hybridized carbons (Fsp3) is 0.667. The lowest BCUT2D eigenvalue weighted by Crippen LogP contribution is -2.35. The molecule has 3 heteroatoms. The molecule has 0 aliphatic carbocycles. The van der Waals surface area contributed by atoms with Gasteiger partial charge < -0.3 is 14.8 Å². The summed E-state index contributed by atoms with van der Waals surface area (Å²) in [5.74, 6) is 1.06. The van der Waals surface area contributed by atoms with E-state index in [1.165, 1.54) is 16.7 Å². The van der Waals surface area contributed by atoms with Gasteiger partial charge in [-0.05, 0) is 51.3 Å². The number of nitrogens with one attached hydrogen (secondary N) is 1. The van der Waals surface area contributed by atoms with Gasteiger partial charge in [0.05, 0.1) is 13.2 Å². The van der Waals surface area contributed by atoms with Crippen LogP contribution < -0.4 is 10.1 Å². The Bertz CT molecular complexity index is 448. The Kier molecular flexibility index (Phi) is 5.28. The van der Waals surface area contributed by atoms with Crippen LogP contribution in [0, 0.1) is 13.8 Å². The predicted molar refractivity (Wildman–Crippen MR) is 87.0 cm³/mol. The van der Waals surface area contributed by atoms with Crippen molar-refractivity contribution in [3.8, 4) is 5.75 Å². The highest BCUT2D eigenvalue weighted by Gasteiger charge is 2.18. The van der Waals surface area contributed by atoms with Crippen molar-refractivity contribution in [1.82, 2.24) is 5.32 Å². The third-order valence-electron chi connectivity index (χ3n) is 3.80. The van der Waals surface area contributed by atoms with Crippen LogP contribution in [0.4, 0.5) is 0 Å². The van der Waals surface area contributed by atoms with Crippen molar-refractivity contribution in [2.24, 2.45) is 0 Å². The maximum atomic E-state index is 6.22. The van der Waals surface area contributed by atoms with Gasteiger partial charge in [-0.3, -0.25) is 0 Å². The molecule has 0 spiro atoms. The molecule has 0 unspecified atom stereocenters. The lowest BCUT2D eigenvalue weighted by molar-refractivity contribution is 0.0250. The second-order valence-corrected chi connectivity index (χ2v) is 7.09. The van der Waals surface area contributed by atoms with Crippen molar-refractivity contribution in [2.75, 3.05) is 13.2 Å². The summed E-state index contributed by atoms with van der Waals surface area (Å²) in [6, 6.07) is 4.47. The topological polar surface area (TPSA) is 30.5 Å². The van der Waals surface area contributed by atoms with E-state index >= 15 is 0 Å². The molecule has 1 fully saturated rings. The van der Waals surface area contributed by atoms with Crippen molar-refractivity contribution >= 4 is 0 Å². The molecule has 1 aromatic carbocycles. The zero-order valence-corrected chi connectivity index (χ0v) is 14.1. The van der Waals surface area contributed by atoms with Crippen LogP contribution in [0.3, 0.4) is 0 Å². The summed E-state index contributed by atoms with van der Waals surface area (Å²) < 4.78 is 11.6. The number of hydrogen-bond donors (Lipinski definition) is 1. The molecule has 0 saturated carbocycles. The molecule has 1 aliphatic heterocycles. The van der Waals surface area contributed by atoms with Crippen LogP contribution in [0.1, 0.15) is 50.3 Å². The summed E-state index contributed by atoms with van der Waals surface area (Å²) in [6.07, 6.45) is 2.29. The monoisotopic (exact) mass is 291 g/mol. The summed E-state index contributed by atoms with van der Waals surface area (Å²) in [7, 11) is 0. The number of hydrogen-bond acceptors (Lipinski definition) is 3. The Morgan fingerprint density at radius 3 is 2.24 bits per heavy atom. The molecule has 21 heavy (non-hydrogen) atoms. The second-order valence-electron chi connectivity index (χ2n) is 7.09. The first kappa shape index (κ1) is 16.3. The highest BCUT2D eigenvalue weighted by Crippen LogP contribution is 2.28. The maximum Gasteiger partial charge on any atom is 0.125 e. The second kappa shape index (κ2) is 6.80. The first-order valence-corrected chi connectivity index (χ1v) is 7.95. The van der Waals surface area contributed by atoms with Crippen LogP contribution in [0.25, 0.3) is 0 Å². The van der Waals surface area contributed by atoms with Gasteiger partial charge in [0, 0.05) is 24.9 Å². The maximum absolute atomic E-state index is 6.22. The molecule has 1 N–H and O–H groups in total. The van der Waals surface area contributed by atoms with E-state index in [1.807, 2.05) is 0 Å². The van der Waals surface area contributed by atoms with Gasteiger partial charge in [0.25, 0.3) is 0 Å². The molecule has 0 radical (unpaired) electrons. The highest BCUT2D eigenvalue weighted by molar-refractivity contribution is 5.43. The number of benzene rings is 1. The Morgan fingerprint density at radius 2 is 1.71 bits per heavy atom. The van der Waals surface area contributed by atoms with E-state index < -0.39 is 0 Å². The van der Waals surface area contributed by atoms with Crippen molar-refractivity contribution in [2.45, 2.75) is 65.6 Å². The van der Waals surface area contributed by atoms with Crippen LogP contribution in [0.15, 0.2) is 12.1 Å². The minimum Gasteiger partial charge on any atom is -0.490 e. The van der Waals surface area contributed by atoms with Gasteiger partial charge in [-0.15, -0.1) is 0 Å². The average Bonchev–Trinajstić information content (AvgIpc) is 2.41. The van der Waals surface area contributed by atoms with E-state index in [2.05, 4.69) is 52.1 Å². The van der Waals surface area contributed by atoms with Crippen molar-refractivity contribution in [3.05, 3.63) is 28.8 Å². The molecule has 1 aromatic rings. The average molecular weight is 291 g/mol. The van der Waals surface area contributed by atoms with Gasteiger partial charge in [0.15, 0.2) is 0 Å². The van der Waals surface area contributed by atoms with E-state index in [4.69, 9.17) is 9.47 Å². The van der Waals surface area contributed by atoms with Gasteiger partial charge >= 0.3 is 0 Å². The highest BCUT2D eigenvalue weighted by atomic mass is 16.5.